The lowest BCUT2D eigenvalue weighted by Crippen LogP contribution is -2.47. The van der Waals surface area contributed by atoms with Gasteiger partial charge in [0, 0.05) is 57.8 Å². The smallest absolute Gasteiger partial charge is 0.270 e. The van der Waals surface area contributed by atoms with E-state index in [9.17, 15) is 4.79 Å². The van der Waals surface area contributed by atoms with Crippen LogP contribution in [0.15, 0.2) is 36.4 Å². The third-order valence-electron chi connectivity index (χ3n) is 4.57. The molecule has 0 radical (unpaired) electrons. The van der Waals surface area contributed by atoms with Crippen molar-refractivity contribution in [1.29, 1.82) is 0 Å². The number of hydrogen-bond acceptors (Lipinski definition) is 6. The third kappa shape index (κ3) is 5.17. The first-order valence-electron chi connectivity index (χ1n) is 9.35. The molecule has 27 heavy (non-hydrogen) atoms. The van der Waals surface area contributed by atoms with Crippen LogP contribution in [0.3, 0.4) is 0 Å². The van der Waals surface area contributed by atoms with E-state index in [1.807, 2.05) is 13.0 Å². The van der Waals surface area contributed by atoms with Crippen LogP contribution in [-0.4, -0.2) is 62.3 Å². The summed E-state index contributed by atoms with van der Waals surface area (Å²) in [4.78, 5) is 25.9. The van der Waals surface area contributed by atoms with Crippen LogP contribution in [0.1, 0.15) is 22.6 Å². The molecule has 0 unspecified atom stereocenters. The fourth-order valence-electron chi connectivity index (χ4n) is 3.12. The van der Waals surface area contributed by atoms with Gasteiger partial charge in [-0.3, -0.25) is 4.79 Å². The van der Waals surface area contributed by atoms with Gasteiger partial charge < -0.3 is 19.9 Å². The molecule has 0 bridgehead atoms. The molecule has 7 heteroatoms. The van der Waals surface area contributed by atoms with Crippen LogP contribution >= 0.6 is 0 Å². The van der Waals surface area contributed by atoms with Crippen LogP contribution in [0.25, 0.3) is 0 Å². The van der Waals surface area contributed by atoms with Crippen molar-refractivity contribution in [2.24, 2.45) is 0 Å². The molecule has 1 saturated heterocycles. The van der Waals surface area contributed by atoms with Crippen molar-refractivity contribution in [2.75, 3.05) is 56.2 Å². The fraction of sp³-hybridized carbons (Fsp3) is 0.450. The fourth-order valence-corrected chi connectivity index (χ4v) is 3.12. The van der Waals surface area contributed by atoms with Gasteiger partial charge in [-0.25, -0.2) is 9.97 Å². The Hall–Kier alpha value is -2.67. The van der Waals surface area contributed by atoms with Crippen LogP contribution < -0.4 is 15.1 Å². The van der Waals surface area contributed by atoms with Gasteiger partial charge in [0.15, 0.2) is 0 Å². The lowest BCUT2D eigenvalue weighted by atomic mass is 10.2. The number of ether oxygens (including phenoxy) is 1. The average molecular weight is 369 g/mol. The molecular weight excluding hydrogens is 342 g/mol. The van der Waals surface area contributed by atoms with Crippen LogP contribution in [0, 0.1) is 6.92 Å². The van der Waals surface area contributed by atoms with Crippen molar-refractivity contribution in [3.63, 3.8) is 0 Å². The first-order valence-corrected chi connectivity index (χ1v) is 9.35. The predicted octanol–water partition coefficient (Wildman–Crippen LogP) is 1.88. The molecule has 3 rings (SSSR count). The molecule has 1 amide bonds. The molecule has 144 valence electrons. The van der Waals surface area contributed by atoms with Crippen molar-refractivity contribution in [1.82, 2.24) is 15.3 Å². The van der Waals surface area contributed by atoms with Gasteiger partial charge in [0.05, 0.1) is 0 Å². The maximum absolute atomic E-state index is 12.4. The summed E-state index contributed by atoms with van der Waals surface area (Å²) >= 11 is 0. The molecule has 2 heterocycles. The number of aromatic nitrogens is 2. The summed E-state index contributed by atoms with van der Waals surface area (Å²) in [7, 11) is 1.65. The minimum Gasteiger partial charge on any atom is -0.385 e. The van der Waals surface area contributed by atoms with Gasteiger partial charge in [-0.1, -0.05) is 18.2 Å². The summed E-state index contributed by atoms with van der Waals surface area (Å²) in [6.07, 6.45) is 0.778. The molecule has 1 aliphatic rings. The lowest BCUT2D eigenvalue weighted by Gasteiger charge is -2.36. The van der Waals surface area contributed by atoms with Crippen LogP contribution in [0.5, 0.6) is 0 Å². The molecule has 7 nitrogen and oxygen atoms in total. The molecule has 0 spiro atoms. The number of amides is 1. The van der Waals surface area contributed by atoms with Crippen LogP contribution in [0.4, 0.5) is 11.6 Å². The van der Waals surface area contributed by atoms with Gasteiger partial charge in [0.25, 0.3) is 5.91 Å². The quantitative estimate of drug-likeness (QED) is 0.752. The Kier molecular flexibility index (Phi) is 6.59. The third-order valence-corrected chi connectivity index (χ3v) is 4.57. The number of carbonyl (C=O) groups is 1. The Labute approximate surface area is 160 Å². The summed E-state index contributed by atoms with van der Waals surface area (Å²) in [6, 6.07) is 12.1. The first-order chi connectivity index (χ1) is 13.2. The van der Waals surface area contributed by atoms with Gasteiger partial charge in [-0.15, -0.1) is 0 Å². The molecule has 1 aromatic carbocycles. The number of nitrogens with zero attached hydrogens (tertiary/aromatic N) is 4. The van der Waals surface area contributed by atoms with Gasteiger partial charge >= 0.3 is 0 Å². The molecular formula is C20H27N5O2. The summed E-state index contributed by atoms with van der Waals surface area (Å²) in [5, 5.41) is 2.88. The van der Waals surface area contributed by atoms with E-state index in [1.54, 1.807) is 13.2 Å². The Morgan fingerprint density at radius 3 is 2.52 bits per heavy atom. The minimum atomic E-state index is -0.166. The molecule has 1 N–H and O–H groups in total. The van der Waals surface area contributed by atoms with E-state index in [0.717, 1.165) is 38.3 Å². The summed E-state index contributed by atoms with van der Waals surface area (Å²) in [5.41, 5.74) is 2.45. The number of para-hydroxylation sites is 1. The van der Waals surface area contributed by atoms with Crippen LogP contribution in [-0.2, 0) is 4.74 Å². The average Bonchev–Trinajstić information content (AvgIpc) is 2.71. The zero-order valence-corrected chi connectivity index (χ0v) is 16.0. The first kappa shape index (κ1) is 19.1. The molecule has 1 aromatic heterocycles. The molecule has 1 fully saturated rings. The highest BCUT2D eigenvalue weighted by atomic mass is 16.5. The Morgan fingerprint density at radius 1 is 1.11 bits per heavy atom. The largest absolute Gasteiger partial charge is 0.385 e. The standard InChI is InChI=1S/C20H27N5O2/c1-16-15-18(19(26)21-9-6-14-27-2)23-20(22-16)25-12-10-24(11-13-25)17-7-4-3-5-8-17/h3-5,7-8,15H,6,9-14H2,1-2H3,(H,21,26). The Morgan fingerprint density at radius 2 is 1.81 bits per heavy atom. The van der Waals surface area contributed by atoms with E-state index in [2.05, 4.69) is 49.4 Å². The van der Waals surface area contributed by atoms with E-state index in [1.165, 1.54) is 5.69 Å². The van der Waals surface area contributed by atoms with E-state index in [4.69, 9.17) is 4.74 Å². The second-order valence-corrected chi connectivity index (χ2v) is 6.61. The van der Waals surface area contributed by atoms with E-state index < -0.39 is 0 Å². The summed E-state index contributed by atoms with van der Waals surface area (Å²) < 4.78 is 5.00. The highest BCUT2D eigenvalue weighted by molar-refractivity contribution is 5.92. The van der Waals surface area contributed by atoms with Gasteiger partial charge in [0.2, 0.25) is 5.95 Å². The normalized spacial score (nSPS) is 14.3. The summed E-state index contributed by atoms with van der Waals surface area (Å²) in [5.74, 6) is 0.463. The summed E-state index contributed by atoms with van der Waals surface area (Å²) in [6.45, 7) is 6.55. The number of carbonyl (C=O) groups excluding carboxylic acids is 1. The van der Waals surface area contributed by atoms with Gasteiger partial charge in [-0.2, -0.15) is 0 Å². The molecule has 0 atom stereocenters. The number of anilines is 2. The molecule has 0 aliphatic carbocycles. The monoisotopic (exact) mass is 369 g/mol. The van der Waals surface area contributed by atoms with E-state index in [-0.39, 0.29) is 5.91 Å². The SMILES string of the molecule is COCCCNC(=O)c1cc(C)nc(N2CCN(c3ccccc3)CC2)n1. The molecule has 0 saturated carbocycles. The van der Waals surface area contributed by atoms with Crippen molar-refractivity contribution in [3.8, 4) is 0 Å². The number of aryl methyl sites for hydroxylation is 1. The number of benzene rings is 1. The van der Waals surface area contributed by atoms with Crippen LogP contribution in [0.2, 0.25) is 0 Å². The maximum atomic E-state index is 12.4. The van der Waals surface area contributed by atoms with Crippen molar-refractivity contribution in [2.45, 2.75) is 13.3 Å². The zero-order chi connectivity index (χ0) is 19.1. The second kappa shape index (κ2) is 9.32. The van der Waals surface area contributed by atoms with Crippen molar-refractivity contribution >= 4 is 17.5 Å². The highest BCUT2D eigenvalue weighted by Crippen LogP contribution is 2.18. The highest BCUT2D eigenvalue weighted by Gasteiger charge is 2.21. The van der Waals surface area contributed by atoms with E-state index in [0.29, 0.717) is 24.8 Å². The van der Waals surface area contributed by atoms with Gasteiger partial charge in [-0.05, 0) is 31.5 Å². The minimum absolute atomic E-state index is 0.166. The number of hydrogen-bond donors (Lipinski definition) is 1. The topological polar surface area (TPSA) is 70.6 Å². The number of methoxy groups -OCH3 is 1. The predicted molar refractivity (Wildman–Crippen MR) is 106 cm³/mol. The van der Waals surface area contributed by atoms with Crippen molar-refractivity contribution in [3.05, 3.63) is 47.8 Å². The lowest BCUT2D eigenvalue weighted by molar-refractivity contribution is 0.0943. The Bertz CT molecular complexity index is 745. The second-order valence-electron chi connectivity index (χ2n) is 6.61. The number of nitrogens with one attached hydrogen (secondary N) is 1. The number of piperazine rings is 1. The zero-order valence-electron chi connectivity index (χ0n) is 16.0. The van der Waals surface area contributed by atoms with Crippen molar-refractivity contribution < 1.29 is 9.53 Å². The molecule has 2 aromatic rings. The molecule has 1 aliphatic heterocycles. The number of rotatable bonds is 7. The van der Waals surface area contributed by atoms with Gasteiger partial charge in [0.1, 0.15) is 5.69 Å². The Balaban J connectivity index is 1.62. The maximum Gasteiger partial charge on any atom is 0.270 e. The van der Waals surface area contributed by atoms with E-state index >= 15 is 0 Å².